The minimum absolute atomic E-state index is 0.000194. The zero-order valence-electron chi connectivity index (χ0n) is 10.4. The molecule has 2 atom stereocenters. The van der Waals surface area contributed by atoms with Gasteiger partial charge in [-0.1, -0.05) is 13.8 Å². The second-order valence-electron chi connectivity index (χ2n) is 4.62. The molecule has 4 heteroatoms. The number of nitrogens with one attached hydrogen (secondary N) is 1. The highest BCUT2D eigenvalue weighted by Gasteiger charge is 2.16. The molecule has 0 aliphatic heterocycles. The van der Waals surface area contributed by atoms with Crippen molar-refractivity contribution in [3.8, 4) is 0 Å². The van der Waals surface area contributed by atoms with Gasteiger partial charge in [0.1, 0.15) is 11.6 Å². The number of benzene rings is 1. The molecule has 1 aromatic carbocycles. The highest BCUT2D eigenvalue weighted by molar-refractivity contribution is 5.21. The van der Waals surface area contributed by atoms with Crippen molar-refractivity contribution in [2.45, 2.75) is 32.9 Å². The van der Waals surface area contributed by atoms with E-state index in [9.17, 15) is 13.9 Å². The fraction of sp³-hybridized carbons (Fsp3) is 0.538. The van der Waals surface area contributed by atoms with E-state index in [4.69, 9.17) is 0 Å². The van der Waals surface area contributed by atoms with Crippen LogP contribution in [0.25, 0.3) is 0 Å². The Labute approximate surface area is 101 Å². The van der Waals surface area contributed by atoms with Crippen LogP contribution in [0.2, 0.25) is 0 Å². The van der Waals surface area contributed by atoms with Gasteiger partial charge >= 0.3 is 0 Å². The maximum absolute atomic E-state index is 13.0. The van der Waals surface area contributed by atoms with Crippen molar-refractivity contribution in [2.75, 3.05) is 6.61 Å². The first-order valence-corrected chi connectivity index (χ1v) is 5.77. The molecule has 0 aliphatic carbocycles. The van der Waals surface area contributed by atoms with E-state index < -0.39 is 11.6 Å². The maximum Gasteiger partial charge on any atom is 0.126 e. The van der Waals surface area contributed by atoms with E-state index in [0.717, 1.165) is 6.07 Å². The molecule has 0 aromatic heterocycles. The quantitative estimate of drug-likeness (QED) is 0.833. The van der Waals surface area contributed by atoms with Crippen LogP contribution in [0.1, 0.15) is 32.4 Å². The first-order chi connectivity index (χ1) is 7.93. The minimum atomic E-state index is -0.584. The largest absolute Gasteiger partial charge is 0.395 e. The molecular formula is C13H19F2NO. The molecule has 0 aliphatic rings. The smallest absolute Gasteiger partial charge is 0.126 e. The molecule has 0 amide bonds. The predicted molar refractivity (Wildman–Crippen MR) is 63.6 cm³/mol. The number of hydrogen-bond acceptors (Lipinski definition) is 2. The summed E-state index contributed by atoms with van der Waals surface area (Å²) in [6.07, 6.45) is 0. The van der Waals surface area contributed by atoms with Crippen LogP contribution in [0.5, 0.6) is 0 Å². The van der Waals surface area contributed by atoms with Crippen molar-refractivity contribution in [3.63, 3.8) is 0 Å². The van der Waals surface area contributed by atoms with E-state index in [1.165, 1.54) is 12.1 Å². The standard InChI is InChI=1S/C13H19F2NO/c1-8(2)13(7-17)16-9(3)10-4-11(14)6-12(15)5-10/h4-6,8-9,13,16-17H,7H2,1-3H3. The summed E-state index contributed by atoms with van der Waals surface area (Å²) in [4.78, 5) is 0. The van der Waals surface area contributed by atoms with Crippen molar-refractivity contribution in [2.24, 2.45) is 5.92 Å². The molecule has 1 rings (SSSR count). The Hall–Kier alpha value is -1.00. The molecule has 2 N–H and O–H groups in total. The lowest BCUT2D eigenvalue weighted by Gasteiger charge is -2.25. The molecule has 2 nitrogen and oxygen atoms in total. The van der Waals surface area contributed by atoms with E-state index in [2.05, 4.69) is 5.32 Å². The van der Waals surface area contributed by atoms with Gasteiger partial charge in [-0.3, -0.25) is 0 Å². The van der Waals surface area contributed by atoms with Crippen molar-refractivity contribution in [3.05, 3.63) is 35.4 Å². The second-order valence-corrected chi connectivity index (χ2v) is 4.62. The zero-order chi connectivity index (χ0) is 13.0. The number of aliphatic hydroxyl groups excluding tert-OH is 1. The van der Waals surface area contributed by atoms with Crippen LogP contribution in [-0.4, -0.2) is 17.8 Å². The summed E-state index contributed by atoms with van der Waals surface area (Å²) in [6, 6.07) is 3.16. The lowest BCUT2D eigenvalue weighted by Crippen LogP contribution is -2.38. The number of hydrogen-bond donors (Lipinski definition) is 2. The lowest BCUT2D eigenvalue weighted by atomic mass is 10.0. The van der Waals surface area contributed by atoms with Crippen LogP contribution >= 0.6 is 0 Å². The van der Waals surface area contributed by atoms with Gasteiger partial charge < -0.3 is 10.4 Å². The number of rotatable bonds is 5. The SMILES string of the molecule is CC(NC(CO)C(C)C)c1cc(F)cc(F)c1. The predicted octanol–water partition coefficient (Wildman–Crippen LogP) is 2.63. The Kier molecular flexibility index (Phi) is 5.02. The van der Waals surface area contributed by atoms with Crippen LogP contribution in [0.3, 0.4) is 0 Å². The first-order valence-electron chi connectivity index (χ1n) is 5.77. The van der Waals surface area contributed by atoms with Crippen LogP contribution in [0.15, 0.2) is 18.2 Å². The van der Waals surface area contributed by atoms with E-state index in [1.807, 2.05) is 20.8 Å². The van der Waals surface area contributed by atoms with Crippen LogP contribution in [0, 0.1) is 17.6 Å². The summed E-state index contributed by atoms with van der Waals surface area (Å²) < 4.78 is 26.1. The van der Waals surface area contributed by atoms with Gasteiger partial charge in [0.15, 0.2) is 0 Å². The highest BCUT2D eigenvalue weighted by Crippen LogP contribution is 2.17. The van der Waals surface area contributed by atoms with E-state index in [-0.39, 0.29) is 24.6 Å². The van der Waals surface area contributed by atoms with Gasteiger partial charge in [-0.2, -0.15) is 0 Å². The van der Waals surface area contributed by atoms with Crippen molar-refractivity contribution in [1.29, 1.82) is 0 Å². The van der Waals surface area contributed by atoms with Crippen molar-refractivity contribution >= 4 is 0 Å². The minimum Gasteiger partial charge on any atom is -0.395 e. The maximum atomic E-state index is 13.0. The fourth-order valence-corrected chi connectivity index (χ4v) is 1.70. The summed E-state index contributed by atoms with van der Waals surface area (Å²) in [7, 11) is 0. The Morgan fingerprint density at radius 1 is 1.12 bits per heavy atom. The normalized spacial score (nSPS) is 15.0. The molecule has 0 saturated carbocycles. The van der Waals surface area contributed by atoms with Crippen LogP contribution < -0.4 is 5.32 Å². The lowest BCUT2D eigenvalue weighted by molar-refractivity contribution is 0.201. The Morgan fingerprint density at radius 3 is 2.06 bits per heavy atom. The third kappa shape index (κ3) is 4.06. The average Bonchev–Trinajstić information content (AvgIpc) is 2.23. The van der Waals surface area contributed by atoms with Gasteiger partial charge in [0.2, 0.25) is 0 Å². The first kappa shape index (κ1) is 14.1. The molecule has 17 heavy (non-hydrogen) atoms. The Balaban J connectivity index is 2.78. The molecule has 0 spiro atoms. The molecule has 0 bridgehead atoms. The van der Waals surface area contributed by atoms with Crippen molar-refractivity contribution < 1.29 is 13.9 Å². The van der Waals surface area contributed by atoms with Crippen LogP contribution in [-0.2, 0) is 0 Å². The molecule has 0 fully saturated rings. The Bertz CT molecular complexity index is 348. The third-order valence-electron chi connectivity index (χ3n) is 2.85. The summed E-state index contributed by atoms with van der Waals surface area (Å²) in [5.74, 6) is -0.918. The second kappa shape index (κ2) is 6.07. The summed E-state index contributed by atoms with van der Waals surface area (Å²) >= 11 is 0. The van der Waals surface area contributed by atoms with Gasteiger partial charge in [0, 0.05) is 18.2 Å². The van der Waals surface area contributed by atoms with E-state index in [0.29, 0.717) is 5.56 Å². The monoisotopic (exact) mass is 243 g/mol. The van der Waals surface area contributed by atoms with Gasteiger partial charge in [0.05, 0.1) is 6.61 Å². The molecule has 2 unspecified atom stereocenters. The topological polar surface area (TPSA) is 32.3 Å². The summed E-state index contributed by atoms with van der Waals surface area (Å²) in [6.45, 7) is 5.78. The zero-order valence-corrected chi connectivity index (χ0v) is 10.4. The molecule has 0 heterocycles. The van der Waals surface area contributed by atoms with Gasteiger partial charge in [-0.05, 0) is 30.5 Å². The molecule has 0 saturated heterocycles. The van der Waals surface area contributed by atoms with Crippen molar-refractivity contribution in [1.82, 2.24) is 5.32 Å². The van der Waals surface area contributed by atoms with E-state index >= 15 is 0 Å². The molecular weight excluding hydrogens is 224 g/mol. The number of halogens is 2. The van der Waals surface area contributed by atoms with E-state index in [1.54, 1.807) is 0 Å². The summed E-state index contributed by atoms with van der Waals surface area (Å²) in [5, 5.41) is 12.3. The fourth-order valence-electron chi connectivity index (χ4n) is 1.70. The number of aliphatic hydroxyl groups is 1. The average molecular weight is 243 g/mol. The van der Waals surface area contributed by atoms with Gasteiger partial charge in [0.25, 0.3) is 0 Å². The highest BCUT2D eigenvalue weighted by atomic mass is 19.1. The van der Waals surface area contributed by atoms with Crippen LogP contribution in [0.4, 0.5) is 8.78 Å². The summed E-state index contributed by atoms with van der Waals surface area (Å²) in [5.41, 5.74) is 0.543. The molecule has 1 aromatic rings. The van der Waals surface area contributed by atoms with Gasteiger partial charge in [-0.15, -0.1) is 0 Å². The Morgan fingerprint density at radius 2 is 1.65 bits per heavy atom. The third-order valence-corrected chi connectivity index (χ3v) is 2.85. The molecule has 0 radical (unpaired) electrons. The van der Waals surface area contributed by atoms with Gasteiger partial charge in [-0.25, -0.2) is 8.78 Å². The molecule has 96 valence electrons.